The van der Waals surface area contributed by atoms with Crippen LogP contribution < -0.4 is 0 Å². The van der Waals surface area contributed by atoms with Gasteiger partial charge in [-0.2, -0.15) is 0 Å². The Labute approximate surface area is 155 Å². The number of carbonyl (C=O) groups is 1. The average Bonchev–Trinajstić information content (AvgIpc) is 3.02. The maximum atomic E-state index is 12.7. The summed E-state index contributed by atoms with van der Waals surface area (Å²) in [5, 5.41) is 0. The van der Waals surface area contributed by atoms with Crippen LogP contribution in [0, 0.1) is 0 Å². The van der Waals surface area contributed by atoms with E-state index in [9.17, 15) is 4.79 Å². The van der Waals surface area contributed by atoms with Crippen molar-refractivity contribution in [1.29, 1.82) is 0 Å². The number of hydrogen-bond acceptors (Lipinski definition) is 3. The molecule has 0 saturated carbocycles. The third-order valence-corrected chi connectivity index (χ3v) is 6.12. The van der Waals surface area contributed by atoms with Crippen LogP contribution in [0.2, 0.25) is 0 Å². The Morgan fingerprint density at radius 1 is 1.15 bits per heavy atom. The predicted octanol–water partition coefficient (Wildman–Crippen LogP) is 3.02. The quantitative estimate of drug-likeness (QED) is 0.851. The third kappa shape index (κ3) is 3.38. The number of carbonyl (C=O) groups excluding carboxylic acids is 1. The lowest BCUT2D eigenvalue weighted by Gasteiger charge is -2.40. The number of rotatable bonds is 4. The normalized spacial score (nSPS) is 18.3. The highest BCUT2D eigenvalue weighted by Crippen LogP contribution is 2.46. The number of aromatic nitrogens is 1. The molecule has 0 N–H and O–H groups in total. The molecule has 1 saturated heterocycles. The van der Waals surface area contributed by atoms with Crippen LogP contribution in [-0.2, 0) is 23.2 Å². The minimum atomic E-state index is 0.248. The van der Waals surface area contributed by atoms with E-state index >= 15 is 0 Å². The number of likely N-dealkylation sites (tertiary alicyclic amines) is 1. The van der Waals surface area contributed by atoms with Gasteiger partial charge in [0.2, 0.25) is 5.91 Å². The molecule has 0 unspecified atom stereocenters. The Morgan fingerprint density at radius 3 is 2.73 bits per heavy atom. The molecule has 4 rings (SSSR count). The van der Waals surface area contributed by atoms with E-state index < -0.39 is 0 Å². The van der Waals surface area contributed by atoms with Crippen LogP contribution in [0.4, 0.5) is 0 Å². The second-order valence-electron chi connectivity index (χ2n) is 7.85. The summed E-state index contributed by atoms with van der Waals surface area (Å²) >= 11 is 0. The van der Waals surface area contributed by atoms with Crippen molar-refractivity contribution in [2.24, 2.45) is 0 Å². The number of likely N-dealkylation sites (N-methyl/N-ethyl adjacent to an activating group) is 1. The molecule has 0 bridgehead atoms. The van der Waals surface area contributed by atoms with Crippen LogP contribution in [0.15, 0.2) is 48.8 Å². The fraction of sp³-hybridized carbons (Fsp3) is 0.455. The summed E-state index contributed by atoms with van der Waals surface area (Å²) in [5.41, 5.74) is 4.52. The molecule has 1 aliphatic carbocycles. The van der Waals surface area contributed by atoms with Gasteiger partial charge in [-0.25, -0.2) is 0 Å². The van der Waals surface area contributed by atoms with Gasteiger partial charge in [0, 0.05) is 32.0 Å². The van der Waals surface area contributed by atoms with E-state index in [-0.39, 0.29) is 5.91 Å². The molecule has 1 aromatic heterocycles. The van der Waals surface area contributed by atoms with Crippen LogP contribution >= 0.6 is 0 Å². The van der Waals surface area contributed by atoms with Crippen LogP contribution in [0.3, 0.4) is 0 Å². The Balaban J connectivity index is 1.33. The lowest BCUT2D eigenvalue weighted by molar-refractivity contribution is -0.133. The number of amides is 1. The molecule has 26 heavy (non-hydrogen) atoms. The molecule has 2 aromatic rings. The first-order valence-electron chi connectivity index (χ1n) is 9.60. The fourth-order valence-electron chi connectivity index (χ4n) is 4.66. The van der Waals surface area contributed by atoms with Crippen molar-refractivity contribution in [3.63, 3.8) is 0 Å². The second-order valence-corrected chi connectivity index (χ2v) is 7.85. The standard InChI is InChI=1S/C22H27N3O/c1-24(16-18-5-4-12-23-15-18)17-21(26)25-13-10-22(11-14-25)9-8-19-6-2-3-7-20(19)22/h2-7,12,15H,8-11,13-14,16-17H2,1H3. The first-order valence-corrected chi connectivity index (χ1v) is 9.60. The van der Waals surface area contributed by atoms with Gasteiger partial charge in [0.25, 0.3) is 0 Å². The van der Waals surface area contributed by atoms with E-state index in [2.05, 4.69) is 45.1 Å². The molecule has 1 aliphatic heterocycles. The summed E-state index contributed by atoms with van der Waals surface area (Å²) in [5.74, 6) is 0.248. The van der Waals surface area contributed by atoms with Gasteiger partial charge in [0.1, 0.15) is 0 Å². The average molecular weight is 349 g/mol. The molecule has 2 aliphatic rings. The van der Waals surface area contributed by atoms with E-state index in [0.717, 1.165) is 38.0 Å². The zero-order valence-corrected chi connectivity index (χ0v) is 15.5. The smallest absolute Gasteiger partial charge is 0.236 e. The fourth-order valence-corrected chi connectivity index (χ4v) is 4.66. The molecule has 136 valence electrons. The second kappa shape index (κ2) is 7.20. The van der Waals surface area contributed by atoms with Crippen molar-refractivity contribution >= 4 is 5.91 Å². The summed E-state index contributed by atoms with van der Waals surface area (Å²) in [7, 11) is 2.00. The molecular weight excluding hydrogens is 322 g/mol. The SMILES string of the molecule is CN(CC(=O)N1CCC2(CCc3ccccc32)CC1)Cc1cccnc1. The highest BCUT2D eigenvalue weighted by Gasteiger charge is 2.41. The summed E-state index contributed by atoms with van der Waals surface area (Å²) in [6, 6.07) is 12.9. The lowest BCUT2D eigenvalue weighted by atomic mass is 9.74. The van der Waals surface area contributed by atoms with Gasteiger partial charge < -0.3 is 4.90 Å². The van der Waals surface area contributed by atoms with Gasteiger partial charge in [0.15, 0.2) is 0 Å². The molecule has 0 radical (unpaired) electrons. The van der Waals surface area contributed by atoms with Crippen molar-refractivity contribution in [1.82, 2.24) is 14.8 Å². The first kappa shape index (κ1) is 17.2. The van der Waals surface area contributed by atoms with Gasteiger partial charge in [-0.05, 0) is 60.9 Å². The Hall–Kier alpha value is -2.20. The van der Waals surface area contributed by atoms with Crippen molar-refractivity contribution in [2.45, 2.75) is 37.6 Å². The molecule has 1 fully saturated rings. The molecule has 4 nitrogen and oxygen atoms in total. The van der Waals surface area contributed by atoms with Crippen molar-refractivity contribution in [3.8, 4) is 0 Å². The van der Waals surface area contributed by atoms with Crippen LogP contribution in [-0.4, -0.2) is 47.4 Å². The molecular formula is C22H27N3O. The van der Waals surface area contributed by atoms with E-state index in [4.69, 9.17) is 0 Å². The maximum Gasteiger partial charge on any atom is 0.236 e. The molecule has 1 amide bonds. The highest BCUT2D eigenvalue weighted by molar-refractivity contribution is 5.78. The molecule has 2 heterocycles. The first-order chi connectivity index (χ1) is 12.7. The molecule has 1 aromatic carbocycles. The monoisotopic (exact) mass is 349 g/mol. The largest absolute Gasteiger partial charge is 0.342 e. The predicted molar refractivity (Wildman–Crippen MR) is 103 cm³/mol. The summed E-state index contributed by atoms with van der Waals surface area (Å²) in [6.45, 7) is 2.99. The van der Waals surface area contributed by atoms with Gasteiger partial charge in [-0.3, -0.25) is 14.7 Å². The van der Waals surface area contributed by atoms with Crippen LogP contribution in [0.5, 0.6) is 0 Å². The highest BCUT2D eigenvalue weighted by atomic mass is 16.2. The van der Waals surface area contributed by atoms with Crippen molar-refractivity contribution in [3.05, 3.63) is 65.5 Å². The van der Waals surface area contributed by atoms with Crippen LogP contribution in [0.1, 0.15) is 36.0 Å². The molecule has 1 spiro atoms. The zero-order chi connectivity index (χ0) is 18.0. The van der Waals surface area contributed by atoms with E-state index in [1.165, 1.54) is 18.4 Å². The molecule has 0 atom stereocenters. The summed E-state index contributed by atoms with van der Waals surface area (Å²) in [4.78, 5) is 21.0. The number of benzene rings is 1. The van der Waals surface area contributed by atoms with Gasteiger partial charge >= 0.3 is 0 Å². The minimum Gasteiger partial charge on any atom is -0.342 e. The lowest BCUT2D eigenvalue weighted by Crippen LogP contribution is -2.47. The van der Waals surface area contributed by atoms with Gasteiger partial charge in [0.05, 0.1) is 6.54 Å². The van der Waals surface area contributed by atoms with Crippen molar-refractivity contribution in [2.75, 3.05) is 26.7 Å². The zero-order valence-electron chi connectivity index (χ0n) is 15.5. The number of nitrogens with zero attached hydrogens (tertiary/aromatic N) is 3. The Kier molecular flexibility index (Phi) is 4.77. The summed E-state index contributed by atoms with van der Waals surface area (Å²) in [6.07, 6.45) is 8.28. The third-order valence-electron chi connectivity index (χ3n) is 6.12. The number of hydrogen-bond donors (Lipinski definition) is 0. The van der Waals surface area contributed by atoms with E-state index in [1.807, 2.05) is 19.3 Å². The maximum absolute atomic E-state index is 12.7. The number of piperidine rings is 1. The summed E-state index contributed by atoms with van der Waals surface area (Å²) < 4.78 is 0. The number of pyridine rings is 1. The minimum absolute atomic E-state index is 0.248. The Morgan fingerprint density at radius 2 is 1.96 bits per heavy atom. The topological polar surface area (TPSA) is 36.4 Å². The van der Waals surface area contributed by atoms with Gasteiger partial charge in [-0.1, -0.05) is 30.3 Å². The Bertz CT molecular complexity index is 766. The van der Waals surface area contributed by atoms with Gasteiger partial charge in [-0.15, -0.1) is 0 Å². The number of aryl methyl sites for hydroxylation is 1. The van der Waals surface area contributed by atoms with E-state index in [1.54, 1.807) is 11.8 Å². The van der Waals surface area contributed by atoms with Crippen LogP contribution in [0.25, 0.3) is 0 Å². The molecule has 4 heteroatoms. The number of fused-ring (bicyclic) bond motifs is 2. The van der Waals surface area contributed by atoms with E-state index in [0.29, 0.717) is 12.0 Å². The van der Waals surface area contributed by atoms with Crippen molar-refractivity contribution < 1.29 is 4.79 Å².